The topological polar surface area (TPSA) is 0 Å². The SMILES string of the molecule is CCc1ccc(Cc2cc(Cc3cc(C)c(C)c(Cc4cc(Cc5cc(C)c(C)c(C)c5)cc(Cc5cc6cc(c5C)Cc5cc(C)c(C)c(c5)Cc5cc(c(C)c(C7c8c(C)cccc8CC8CC7CC(C)C8C)c5)C6)c4C)c3)cc(Cc3cc(C)cc(C)c3C)c2)c(C)c1C. The summed E-state index contributed by atoms with van der Waals surface area (Å²) in [7, 11) is 0. The molecule has 0 heterocycles. The van der Waals surface area contributed by atoms with Gasteiger partial charge < -0.3 is 0 Å². The summed E-state index contributed by atoms with van der Waals surface area (Å²) < 4.78 is 0. The minimum Gasteiger partial charge on any atom is -0.0622 e. The van der Waals surface area contributed by atoms with E-state index in [1.165, 1.54) is 214 Å². The third-order valence-corrected chi connectivity index (χ3v) is 25.5. The summed E-state index contributed by atoms with van der Waals surface area (Å²) in [5.74, 6) is 3.24. The molecule has 1 saturated carbocycles. The molecular formula is C97H110. The third kappa shape index (κ3) is 13.9. The highest BCUT2D eigenvalue weighted by molar-refractivity contribution is 5.57. The average Bonchev–Trinajstić information content (AvgIpc) is 1.68. The molecule has 1 fully saturated rings. The van der Waals surface area contributed by atoms with E-state index >= 15 is 0 Å². The average molecular weight is 1280 g/mol. The molecule has 97 heavy (non-hydrogen) atoms. The lowest BCUT2D eigenvalue weighted by Crippen LogP contribution is -2.32. The van der Waals surface area contributed by atoms with Crippen molar-refractivity contribution in [3.8, 4) is 0 Å². The zero-order valence-corrected chi connectivity index (χ0v) is 62.8. The van der Waals surface area contributed by atoms with Crippen molar-refractivity contribution in [2.24, 2.45) is 23.7 Å². The number of rotatable bonds is 14. The highest BCUT2D eigenvalue weighted by atomic mass is 14.5. The maximum atomic E-state index is 2.70. The first kappa shape index (κ1) is 67.8. The highest BCUT2D eigenvalue weighted by Gasteiger charge is 2.42. The van der Waals surface area contributed by atoms with E-state index in [0.29, 0.717) is 11.8 Å². The molecule has 5 unspecified atom stereocenters. The van der Waals surface area contributed by atoms with Gasteiger partial charge in [-0.2, -0.15) is 0 Å². The van der Waals surface area contributed by atoms with E-state index in [4.69, 9.17) is 0 Å². The van der Waals surface area contributed by atoms with Crippen LogP contribution in [0.5, 0.6) is 0 Å². The second-order valence-electron chi connectivity index (χ2n) is 32.1. The standard InChI is InChI=1S/C97H110/c1-20-82-24-25-83(69(16)68(82)15)38-77-35-76(36-78(37-77)42-85-27-55(2)26-57(4)64(85)11)34-74-30-60(7)66(13)89(39-74)52-90-43-79(33-73-28-58(5)63(10)59(6)29-73)44-91(71(90)18)53-92-47-80-45-87(70(92)17)41-75-31-61(8)65(12)86(40-75)48-81-49-88(46-80)72(19)95(50-81)97-94-32-62(9)67(14)93(54-94)51-84-23-21-22-56(3)96(84)97/h21-31,35-37,39-40,43-45,47,49-50,62,67,93-94,97H,20,32-34,38,41-42,46,48,51-54H2,1-19H3. The summed E-state index contributed by atoms with van der Waals surface area (Å²) in [6, 6.07) is 55.2. The van der Waals surface area contributed by atoms with Gasteiger partial charge in [0.15, 0.2) is 0 Å². The molecule has 0 spiro atoms. The smallest absolute Gasteiger partial charge is 0.0126 e. The minimum absolute atomic E-state index is 0.399. The lowest BCUT2D eigenvalue weighted by molar-refractivity contribution is 0.126. The normalized spacial score (nSPS) is 17.4. The van der Waals surface area contributed by atoms with Gasteiger partial charge in [0.2, 0.25) is 0 Å². The van der Waals surface area contributed by atoms with E-state index in [2.05, 4.69) is 265 Å². The molecule has 13 rings (SSSR count). The van der Waals surface area contributed by atoms with Gasteiger partial charge in [-0.1, -0.05) is 160 Å². The van der Waals surface area contributed by atoms with Crippen LogP contribution in [0.15, 0.2) is 133 Å². The van der Waals surface area contributed by atoms with Crippen LogP contribution in [-0.2, 0) is 70.6 Å². The van der Waals surface area contributed by atoms with Crippen molar-refractivity contribution < 1.29 is 0 Å². The van der Waals surface area contributed by atoms with Crippen LogP contribution in [0.3, 0.4) is 0 Å². The molecule has 0 heteroatoms. The first-order valence-electron chi connectivity index (χ1n) is 37.3. The predicted octanol–water partition coefficient (Wildman–Crippen LogP) is 23.8. The van der Waals surface area contributed by atoms with Crippen LogP contribution in [0.4, 0.5) is 0 Å². The van der Waals surface area contributed by atoms with Gasteiger partial charge in [0.05, 0.1) is 0 Å². The van der Waals surface area contributed by atoms with Crippen molar-refractivity contribution in [1.29, 1.82) is 0 Å². The molecule has 10 aromatic rings. The Morgan fingerprint density at radius 3 is 1.40 bits per heavy atom. The Hall–Kier alpha value is -7.80. The van der Waals surface area contributed by atoms with Gasteiger partial charge in [0.25, 0.3) is 0 Å². The van der Waals surface area contributed by atoms with Crippen molar-refractivity contribution in [1.82, 2.24) is 0 Å². The van der Waals surface area contributed by atoms with Crippen LogP contribution in [0.25, 0.3) is 0 Å². The molecule has 0 amide bonds. The van der Waals surface area contributed by atoms with Crippen molar-refractivity contribution in [3.63, 3.8) is 0 Å². The van der Waals surface area contributed by atoms with Crippen LogP contribution in [-0.4, -0.2) is 0 Å². The van der Waals surface area contributed by atoms with Crippen molar-refractivity contribution in [2.45, 2.75) is 221 Å². The summed E-state index contributed by atoms with van der Waals surface area (Å²) in [5.41, 5.74) is 54.8. The fourth-order valence-corrected chi connectivity index (χ4v) is 18.7. The molecular weight excluding hydrogens is 1170 g/mol. The molecule has 0 aliphatic heterocycles. The number of hydrogen-bond donors (Lipinski definition) is 0. The van der Waals surface area contributed by atoms with Gasteiger partial charge in [0.1, 0.15) is 0 Å². The molecule has 0 N–H and O–H groups in total. The molecule has 0 nitrogen and oxygen atoms in total. The lowest BCUT2D eigenvalue weighted by Gasteiger charge is -2.41. The number of benzene rings is 10. The van der Waals surface area contributed by atoms with E-state index in [9.17, 15) is 0 Å². The number of aryl methyl sites for hydroxylation is 8. The number of fused-ring (bicyclic) bond motifs is 9. The van der Waals surface area contributed by atoms with E-state index in [1.54, 1.807) is 16.7 Å². The van der Waals surface area contributed by atoms with Crippen LogP contribution in [0.1, 0.15) is 251 Å². The predicted molar refractivity (Wildman–Crippen MR) is 415 cm³/mol. The molecule has 8 bridgehead atoms. The van der Waals surface area contributed by atoms with Crippen molar-refractivity contribution >= 4 is 0 Å². The quantitative estimate of drug-likeness (QED) is 0.102. The first-order valence-corrected chi connectivity index (χ1v) is 37.3. The second-order valence-corrected chi connectivity index (χ2v) is 32.1. The maximum Gasteiger partial charge on any atom is 0.0126 e. The largest absolute Gasteiger partial charge is 0.0622 e. The third-order valence-electron chi connectivity index (χ3n) is 25.5. The molecule has 0 saturated heterocycles. The van der Waals surface area contributed by atoms with Crippen molar-refractivity contribution in [2.75, 3.05) is 0 Å². The van der Waals surface area contributed by atoms with Gasteiger partial charge in [0, 0.05) is 5.92 Å². The monoisotopic (exact) mass is 1270 g/mol. The van der Waals surface area contributed by atoms with Crippen LogP contribution in [0, 0.1) is 134 Å². The molecule has 498 valence electrons. The molecule has 5 atom stereocenters. The summed E-state index contributed by atoms with van der Waals surface area (Å²) in [6.07, 6.45) is 13.2. The van der Waals surface area contributed by atoms with E-state index < -0.39 is 0 Å². The fourth-order valence-electron chi connectivity index (χ4n) is 18.7. The zero-order valence-electron chi connectivity index (χ0n) is 62.8. The van der Waals surface area contributed by atoms with Gasteiger partial charge in [-0.05, 0) is 424 Å². The lowest BCUT2D eigenvalue weighted by atomic mass is 9.64. The van der Waals surface area contributed by atoms with Gasteiger partial charge in [-0.3, -0.25) is 0 Å². The number of hydrogen-bond acceptors (Lipinski definition) is 0. The zero-order chi connectivity index (χ0) is 68.6. The van der Waals surface area contributed by atoms with Crippen LogP contribution < -0.4 is 0 Å². The second kappa shape index (κ2) is 27.5. The minimum atomic E-state index is 0.399. The molecule has 3 aliphatic carbocycles. The van der Waals surface area contributed by atoms with Gasteiger partial charge in [-0.25, -0.2) is 0 Å². The molecule has 10 aromatic carbocycles. The summed E-state index contributed by atoms with van der Waals surface area (Å²) in [6.45, 7) is 45.0. The van der Waals surface area contributed by atoms with Gasteiger partial charge in [-0.15, -0.1) is 0 Å². The summed E-state index contributed by atoms with van der Waals surface area (Å²) in [4.78, 5) is 0. The van der Waals surface area contributed by atoms with E-state index in [-0.39, 0.29) is 0 Å². The molecule has 0 radical (unpaired) electrons. The summed E-state index contributed by atoms with van der Waals surface area (Å²) >= 11 is 0. The Bertz CT molecular complexity index is 4710. The highest BCUT2D eigenvalue weighted by Crippen LogP contribution is 2.53. The van der Waals surface area contributed by atoms with Crippen molar-refractivity contribution in [3.05, 3.63) is 345 Å². The maximum absolute atomic E-state index is 2.70. The Balaban J connectivity index is 0.895. The van der Waals surface area contributed by atoms with Gasteiger partial charge >= 0.3 is 0 Å². The van der Waals surface area contributed by atoms with E-state index in [0.717, 1.165) is 82.0 Å². The Morgan fingerprint density at radius 1 is 0.309 bits per heavy atom. The molecule has 3 aliphatic rings. The Kier molecular flexibility index (Phi) is 19.2. The Labute approximate surface area is 585 Å². The van der Waals surface area contributed by atoms with Crippen LogP contribution in [0.2, 0.25) is 0 Å². The van der Waals surface area contributed by atoms with Crippen LogP contribution >= 0.6 is 0 Å². The van der Waals surface area contributed by atoms with E-state index in [1.807, 2.05) is 0 Å². The Morgan fingerprint density at radius 2 is 0.773 bits per heavy atom. The fraction of sp³-hybridized carbons (Fsp3) is 0.381. The first-order chi connectivity index (χ1) is 46.3. The molecule has 0 aromatic heterocycles. The summed E-state index contributed by atoms with van der Waals surface area (Å²) in [5, 5.41) is 0.